The summed E-state index contributed by atoms with van der Waals surface area (Å²) in [5, 5.41) is 10.3. The van der Waals surface area contributed by atoms with Crippen molar-refractivity contribution in [3.63, 3.8) is 0 Å². The Morgan fingerprint density at radius 2 is 1.85 bits per heavy atom. The first-order valence-electron chi connectivity index (χ1n) is 9.85. The molecule has 0 fully saturated rings. The summed E-state index contributed by atoms with van der Waals surface area (Å²) >= 11 is 0. The Hall–Kier alpha value is -2.37. The van der Waals surface area contributed by atoms with Gasteiger partial charge < -0.3 is 5.11 Å². The molecule has 2 nitrogen and oxygen atoms in total. The highest BCUT2D eigenvalue weighted by Gasteiger charge is 2.22. The van der Waals surface area contributed by atoms with Gasteiger partial charge >= 0.3 is 0 Å². The van der Waals surface area contributed by atoms with E-state index >= 15 is 0 Å². The molecule has 2 heteroatoms. The summed E-state index contributed by atoms with van der Waals surface area (Å²) in [7, 11) is 0. The molecular formula is C25H31NO. The minimum Gasteiger partial charge on any atom is -0.392 e. The van der Waals surface area contributed by atoms with Gasteiger partial charge in [0.15, 0.2) is 0 Å². The molecule has 0 aliphatic heterocycles. The number of unbranched alkanes of at least 4 members (excludes halogenated alkanes) is 1. The van der Waals surface area contributed by atoms with E-state index in [1.54, 1.807) is 0 Å². The van der Waals surface area contributed by atoms with Crippen LogP contribution < -0.4 is 0 Å². The zero-order chi connectivity index (χ0) is 20.0. The van der Waals surface area contributed by atoms with E-state index in [1.807, 2.05) is 18.2 Å². The van der Waals surface area contributed by atoms with Crippen molar-refractivity contribution in [2.45, 2.75) is 65.9 Å². The molecule has 0 aliphatic rings. The largest absolute Gasteiger partial charge is 0.392 e. The molecule has 0 atom stereocenters. The van der Waals surface area contributed by atoms with Gasteiger partial charge in [-0.2, -0.15) is 0 Å². The van der Waals surface area contributed by atoms with Crippen molar-refractivity contribution in [1.29, 1.82) is 0 Å². The quantitative estimate of drug-likeness (QED) is 0.589. The molecule has 0 unspecified atom stereocenters. The highest BCUT2D eigenvalue weighted by atomic mass is 16.3. The van der Waals surface area contributed by atoms with Crippen LogP contribution in [0.5, 0.6) is 0 Å². The van der Waals surface area contributed by atoms with E-state index in [4.69, 9.17) is 11.4 Å². The minimum absolute atomic E-state index is 0.0386. The van der Waals surface area contributed by atoms with Crippen molar-refractivity contribution in [1.82, 2.24) is 4.98 Å². The van der Waals surface area contributed by atoms with Crippen LogP contribution in [-0.4, -0.2) is 10.1 Å². The lowest BCUT2D eigenvalue weighted by molar-refractivity contribution is 0.280. The zero-order valence-electron chi connectivity index (χ0n) is 17.2. The van der Waals surface area contributed by atoms with Crippen LogP contribution in [0.2, 0.25) is 0 Å². The van der Waals surface area contributed by atoms with Crippen molar-refractivity contribution in [3.8, 4) is 23.5 Å². The molecule has 1 aromatic heterocycles. The molecule has 0 amide bonds. The van der Waals surface area contributed by atoms with E-state index in [1.165, 1.54) is 0 Å². The Bertz CT molecular complexity index is 853. The van der Waals surface area contributed by atoms with Gasteiger partial charge in [0.25, 0.3) is 0 Å². The first-order chi connectivity index (χ1) is 12.9. The molecule has 1 N–H and O–H groups in total. The Balaban J connectivity index is 2.91. The molecular weight excluding hydrogens is 330 g/mol. The molecule has 0 aliphatic carbocycles. The van der Waals surface area contributed by atoms with E-state index in [0.29, 0.717) is 0 Å². The predicted octanol–water partition coefficient (Wildman–Crippen LogP) is 6.28. The van der Waals surface area contributed by atoms with E-state index in [9.17, 15) is 5.11 Å². The number of terminal acetylenes is 1. The van der Waals surface area contributed by atoms with Crippen molar-refractivity contribution in [3.05, 3.63) is 58.4 Å². The summed E-state index contributed by atoms with van der Waals surface area (Å²) in [5.74, 6) is 3.24. The first kappa shape index (κ1) is 20.9. The minimum atomic E-state index is -0.0386. The molecule has 142 valence electrons. The number of rotatable bonds is 7. The number of hydrogen-bond acceptors (Lipinski definition) is 2. The van der Waals surface area contributed by atoms with Crippen LogP contribution in [0.15, 0.2) is 30.3 Å². The maximum absolute atomic E-state index is 10.3. The molecule has 0 bridgehead atoms. The molecule has 0 saturated heterocycles. The number of allylic oxidation sites excluding steroid dienone is 1. The predicted molar refractivity (Wildman–Crippen MR) is 116 cm³/mol. The lowest BCUT2D eigenvalue weighted by Crippen LogP contribution is -2.10. The van der Waals surface area contributed by atoms with Crippen LogP contribution in [-0.2, 0) is 6.61 Å². The Labute approximate surface area is 164 Å². The Morgan fingerprint density at radius 1 is 1.15 bits per heavy atom. The maximum atomic E-state index is 10.3. The van der Waals surface area contributed by atoms with Gasteiger partial charge in [-0.05, 0) is 41.5 Å². The summed E-state index contributed by atoms with van der Waals surface area (Å²) in [5.41, 5.74) is 6.98. The third-order valence-corrected chi connectivity index (χ3v) is 4.71. The smallest absolute Gasteiger partial charge is 0.0706 e. The van der Waals surface area contributed by atoms with Crippen LogP contribution in [0.25, 0.3) is 17.2 Å². The van der Waals surface area contributed by atoms with Gasteiger partial charge in [0.1, 0.15) is 0 Å². The summed E-state index contributed by atoms with van der Waals surface area (Å²) in [6, 6.07) is 8.01. The summed E-state index contributed by atoms with van der Waals surface area (Å²) in [6.45, 7) is 10.7. The van der Waals surface area contributed by atoms with E-state index in [-0.39, 0.29) is 18.4 Å². The average molecular weight is 362 g/mol. The average Bonchev–Trinajstić information content (AvgIpc) is 2.66. The highest BCUT2D eigenvalue weighted by Crippen LogP contribution is 2.37. The van der Waals surface area contributed by atoms with Crippen molar-refractivity contribution in [2.75, 3.05) is 0 Å². The normalized spacial score (nSPS) is 11.5. The van der Waals surface area contributed by atoms with E-state index in [0.717, 1.165) is 52.0 Å². The lowest BCUT2D eigenvalue weighted by atomic mass is 9.86. The third-order valence-electron chi connectivity index (χ3n) is 4.71. The van der Waals surface area contributed by atoms with E-state index < -0.39 is 0 Å². The number of aliphatic hydroxyl groups is 1. The number of benzene rings is 1. The van der Waals surface area contributed by atoms with Crippen LogP contribution in [0.4, 0.5) is 0 Å². The zero-order valence-corrected chi connectivity index (χ0v) is 17.2. The summed E-state index contributed by atoms with van der Waals surface area (Å²) in [6.07, 6.45) is 12.1. The standard InChI is InChI=1S/C25H31NO/c1-7-9-10-14-21-23(20-13-11-12-19(8-2)15-20)22(16-27)25(18(5)6)26-24(21)17(3)4/h2,10-15,17-18,27H,7,9,16H2,1,3-6H3. The fraction of sp³-hybridized carbons (Fsp3) is 0.400. The van der Waals surface area contributed by atoms with Crippen LogP contribution >= 0.6 is 0 Å². The van der Waals surface area contributed by atoms with Gasteiger partial charge in [-0.1, -0.05) is 71.2 Å². The first-order valence-corrected chi connectivity index (χ1v) is 9.85. The number of pyridine rings is 1. The lowest BCUT2D eigenvalue weighted by Gasteiger charge is -2.23. The van der Waals surface area contributed by atoms with E-state index in [2.05, 4.69) is 58.8 Å². The molecule has 2 rings (SSSR count). The number of hydrogen-bond donors (Lipinski definition) is 1. The molecule has 1 aromatic carbocycles. The SMILES string of the molecule is C#Cc1cccc(-c2c(C=CCCC)c(C(C)C)nc(C(C)C)c2CO)c1. The summed E-state index contributed by atoms with van der Waals surface area (Å²) < 4.78 is 0. The number of aromatic nitrogens is 1. The maximum Gasteiger partial charge on any atom is 0.0706 e. The highest BCUT2D eigenvalue weighted by molar-refractivity contribution is 5.81. The topological polar surface area (TPSA) is 33.1 Å². The molecule has 1 heterocycles. The Morgan fingerprint density at radius 3 is 2.41 bits per heavy atom. The Kier molecular flexibility index (Phi) is 7.39. The third kappa shape index (κ3) is 4.67. The monoisotopic (exact) mass is 361 g/mol. The van der Waals surface area contributed by atoms with Crippen molar-refractivity contribution >= 4 is 6.08 Å². The number of aliphatic hydroxyl groups excluding tert-OH is 1. The number of nitrogens with zero attached hydrogens (tertiary/aromatic N) is 1. The van der Waals surface area contributed by atoms with Crippen molar-refractivity contribution in [2.24, 2.45) is 0 Å². The van der Waals surface area contributed by atoms with Gasteiger partial charge in [-0.25, -0.2) is 0 Å². The molecule has 0 radical (unpaired) electrons. The van der Waals surface area contributed by atoms with Gasteiger partial charge in [0.05, 0.1) is 12.3 Å². The second-order valence-electron chi connectivity index (χ2n) is 7.53. The molecule has 27 heavy (non-hydrogen) atoms. The summed E-state index contributed by atoms with van der Waals surface area (Å²) in [4.78, 5) is 5.00. The van der Waals surface area contributed by atoms with Gasteiger partial charge in [0.2, 0.25) is 0 Å². The molecule has 0 spiro atoms. The second-order valence-corrected chi connectivity index (χ2v) is 7.53. The van der Waals surface area contributed by atoms with Gasteiger partial charge in [-0.3, -0.25) is 4.98 Å². The fourth-order valence-corrected chi connectivity index (χ4v) is 3.38. The molecule has 2 aromatic rings. The molecule has 0 saturated carbocycles. The van der Waals surface area contributed by atoms with Crippen LogP contribution in [0.3, 0.4) is 0 Å². The second kappa shape index (κ2) is 9.53. The van der Waals surface area contributed by atoms with Gasteiger partial charge in [0, 0.05) is 22.4 Å². The fourth-order valence-electron chi connectivity index (χ4n) is 3.38. The van der Waals surface area contributed by atoms with Crippen LogP contribution in [0, 0.1) is 12.3 Å². The van der Waals surface area contributed by atoms with Crippen LogP contribution in [0.1, 0.15) is 87.4 Å². The van der Waals surface area contributed by atoms with Crippen molar-refractivity contribution < 1.29 is 5.11 Å². The van der Waals surface area contributed by atoms with Gasteiger partial charge in [-0.15, -0.1) is 6.42 Å².